The van der Waals surface area contributed by atoms with Crippen molar-refractivity contribution in [3.8, 4) is 33.6 Å². The summed E-state index contributed by atoms with van der Waals surface area (Å²) < 4.78 is 41.6. The van der Waals surface area contributed by atoms with Crippen LogP contribution in [0.1, 0.15) is 71.1 Å². The Morgan fingerprint density at radius 3 is 1.20 bits per heavy atom. The van der Waals surface area contributed by atoms with Crippen LogP contribution in [-0.2, 0) is 6.54 Å². The van der Waals surface area contributed by atoms with Crippen LogP contribution >= 0.6 is 0 Å². The van der Waals surface area contributed by atoms with E-state index in [1.165, 1.54) is 97.8 Å². The van der Waals surface area contributed by atoms with Crippen LogP contribution in [0.2, 0.25) is 0 Å². The summed E-state index contributed by atoms with van der Waals surface area (Å²) in [4.78, 5) is 0. The van der Waals surface area contributed by atoms with Gasteiger partial charge in [0.25, 0.3) is 0 Å². The van der Waals surface area contributed by atoms with Gasteiger partial charge >= 0.3 is 7.25 Å². The zero-order chi connectivity index (χ0) is 29.3. The van der Waals surface area contributed by atoms with Gasteiger partial charge in [0.05, 0.1) is 0 Å². The summed E-state index contributed by atoms with van der Waals surface area (Å²) in [6.07, 6.45) is 13.6. The van der Waals surface area contributed by atoms with E-state index in [1.54, 1.807) is 0 Å². The van der Waals surface area contributed by atoms with Gasteiger partial charge in [0.2, 0.25) is 11.4 Å². The van der Waals surface area contributed by atoms with Crippen molar-refractivity contribution in [2.75, 3.05) is 0 Å². The molecule has 41 heavy (non-hydrogen) atoms. The van der Waals surface area contributed by atoms with Gasteiger partial charge in [-0.1, -0.05) is 125 Å². The Hall–Kier alpha value is -3.41. The molecule has 4 rings (SSSR count). The monoisotopic (exact) mass is 563 g/mol. The molecule has 6 heteroatoms. The second-order valence-electron chi connectivity index (χ2n) is 10.4. The molecular weight excluding hydrogens is 521 g/mol. The Balaban J connectivity index is 0.000000850. The summed E-state index contributed by atoms with van der Waals surface area (Å²) in [5.74, 6) is 0. The minimum absolute atomic E-state index is 1.04. The van der Waals surface area contributed by atoms with Crippen molar-refractivity contribution in [2.45, 2.75) is 77.7 Å². The highest BCUT2D eigenvalue weighted by molar-refractivity contribution is 6.50. The predicted octanol–water partition coefficient (Wildman–Crippen LogP) is 11.2. The fourth-order valence-corrected chi connectivity index (χ4v) is 5.11. The molecule has 0 aliphatic carbocycles. The largest absolute Gasteiger partial charge is 0.673 e. The van der Waals surface area contributed by atoms with Crippen LogP contribution in [0.3, 0.4) is 0 Å². The number of hydrogen-bond donors (Lipinski definition) is 0. The highest BCUT2D eigenvalue weighted by atomic mass is 19.5. The predicted molar refractivity (Wildman–Crippen MR) is 165 cm³/mol. The molecule has 0 unspecified atom stereocenters. The molecule has 0 radical (unpaired) electrons. The zero-order valence-electron chi connectivity index (χ0n) is 24.1. The maximum atomic E-state index is 9.75. The van der Waals surface area contributed by atoms with E-state index in [1.807, 2.05) is 0 Å². The second kappa shape index (κ2) is 17.4. The molecule has 0 saturated heterocycles. The van der Waals surface area contributed by atoms with Crippen LogP contribution in [0.15, 0.2) is 103 Å². The standard InChI is InChI=1S/C35H42N.BF4/c1-2-3-4-5-6-7-8-9-10-20-27-36-34(31-23-16-12-17-24-31)28-33(30-21-14-11-15-22-30)29-35(36)32-25-18-13-19-26-32;2-1(3,4)5/h11-19,21-26,28-29H,2-10,20,27H2,1H3;/q+1;-1. The van der Waals surface area contributed by atoms with E-state index in [4.69, 9.17) is 0 Å². The van der Waals surface area contributed by atoms with E-state index in [2.05, 4.69) is 115 Å². The van der Waals surface area contributed by atoms with Crippen LogP contribution in [0.5, 0.6) is 0 Å². The van der Waals surface area contributed by atoms with Crippen LogP contribution in [0.4, 0.5) is 17.3 Å². The van der Waals surface area contributed by atoms with E-state index in [-0.39, 0.29) is 0 Å². The second-order valence-corrected chi connectivity index (χ2v) is 10.4. The summed E-state index contributed by atoms with van der Waals surface area (Å²) in [5.41, 5.74) is 7.68. The van der Waals surface area contributed by atoms with Gasteiger partial charge in [-0.05, 0) is 41.8 Å². The van der Waals surface area contributed by atoms with Crippen LogP contribution in [0, 0.1) is 0 Å². The van der Waals surface area contributed by atoms with Crippen molar-refractivity contribution >= 4 is 7.25 Å². The Morgan fingerprint density at radius 1 is 0.463 bits per heavy atom. The SMILES string of the molecule is CCCCCCCCCCCC[n+]1c(-c2ccccc2)cc(-c2ccccc2)cc1-c1ccccc1.F[B-](F)(F)F. The van der Waals surface area contributed by atoms with Gasteiger partial charge in [-0.25, -0.2) is 0 Å². The third-order valence-corrected chi connectivity index (χ3v) is 7.15. The van der Waals surface area contributed by atoms with Gasteiger partial charge in [-0.15, -0.1) is 0 Å². The molecule has 0 N–H and O–H groups in total. The van der Waals surface area contributed by atoms with Crippen LogP contribution in [-0.4, -0.2) is 7.25 Å². The highest BCUT2D eigenvalue weighted by Gasteiger charge is 2.22. The molecule has 0 fully saturated rings. The molecule has 0 aliphatic heterocycles. The molecule has 0 aliphatic rings. The van der Waals surface area contributed by atoms with Gasteiger partial charge in [0.15, 0.2) is 0 Å². The Bertz CT molecular complexity index is 1200. The molecule has 1 heterocycles. The zero-order valence-corrected chi connectivity index (χ0v) is 24.1. The molecule has 1 aromatic heterocycles. The maximum Gasteiger partial charge on any atom is 0.673 e. The van der Waals surface area contributed by atoms with Crippen molar-refractivity contribution in [1.29, 1.82) is 0 Å². The minimum Gasteiger partial charge on any atom is -0.418 e. The lowest BCUT2D eigenvalue weighted by Gasteiger charge is -2.13. The van der Waals surface area contributed by atoms with Gasteiger partial charge in [0.1, 0.15) is 6.54 Å². The number of aromatic nitrogens is 1. The van der Waals surface area contributed by atoms with Crippen molar-refractivity contribution < 1.29 is 21.8 Å². The van der Waals surface area contributed by atoms with Crippen molar-refractivity contribution in [3.05, 3.63) is 103 Å². The molecule has 0 atom stereocenters. The lowest BCUT2D eigenvalue weighted by Crippen LogP contribution is -2.39. The summed E-state index contributed by atoms with van der Waals surface area (Å²) in [6.45, 7) is 3.33. The average Bonchev–Trinajstić information content (AvgIpc) is 2.98. The Kier molecular flexibility index (Phi) is 13.6. The van der Waals surface area contributed by atoms with Gasteiger partial charge in [0, 0.05) is 29.7 Å². The van der Waals surface area contributed by atoms with E-state index in [9.17, 15) is 17.3 Å². The normalized spacial score (nSPS) is 11.1. The molecule has 0 bridgehead atoms. The first kappa shape index (κ1) is 32.1. The number of rotatable bonds is 14. The maximum absolute atomic E-state index is 9.75. The lowest BCUT2D eigenvalue weighted by atomic mass is 9.98. The molecule has 0 spiro atoms. The first-order chi connectivity index (χ1) is 19.9. The van der Waals surface area contributed by atoms with Crippen molar-refractivity contribution in [1.82, 2.24) is 0 Å². The Morgan fingerprint density at radius 2 is 0.805 bits per heavy atom. The minimum atomic E-state index is -6.00. The van der Waals surface area contributed by atoms with E-state index in [0.29, 0.717) is 0 Å². The Labute approximate surface area is 243 Å². The number of benzene rings is 3. The quantitative estimate of drug-likeness (QED) is 0.0622. The summed E-state index contributed by atoms with van der Waals surface area (Å²) in [6, 6.07) is 37.3. The average molecular weight is 564 g/mol. The summed E-state index contributed by atoms with van der Waals surface area (Å²) >= 11 is 0. The van der Waals surface area contributed by atoms with E-state index in [0.717, 1.165) is 6.54 Å². The van der Waals surface area contributed by atoms with Gasteiger partial charge < -0.3 is 17.3 Å². The highest BCUT2D eigenvalue weighted by Crippen LogP contribution is 2.29. The molecule has 0 amide bonds. The molecule has 3 aromatic carbocycles. The molecule has 4 aromatic rings. The number of unbranched alkanes of at least 4 members (excludes halogenated alkanes) is 9. The topological polar surface area (TPSA) is 3.88 Å². The number of nitrogens with zero attached hydrogens (tertiary/aromatic N) is 1. The lowest BCUT2D eigenvalue weighted by molar-refractivity contribution is -0.675. The fourth-order valence-electron chi connectivity index (χ4n) is 5.11. The number of hydrogen-bond acceptors (Lipinski definition) is 0. The molecule has 1 nitrogen and oxygen atoms in total. The van der Waals surface area contributed by atoms with Crippen molar-refractivity contribution in [3.63, 3.8) is 0 Å². The first-order valence-electron chi connectivity index (χ1n) is 15.0. The first-order valence-corrected chi connectivity index (χ1v) is 15.0. The van der Waals surface area contributed by atoms with Crippen LogP contribution < -0.4 is 4.57 Å². The number of halogens is 4. The van der Waals surface area contributed by atoms with Crippen LogP contribution in [0.25, 0.3) is 33.6 Å². The molecule has 218 valence electrons. The fraction of sp³-hybridized carbons (Fsp3) is 0.343. The van der Waals surface area contributed by atoms with E-state index >= 15 is 0 Å². The molecule has 0 saturated carbocycles. The molecular formula is C35H42BF4N. The number of pyridine rings is 1. The summed E-state index contributed by atoms with van der Waals surface area (Å²) in [5, 5.41) is 0. The van der Waals surface area contributed by atoms with Gasteiger partial charge in [-0.2, -0.15) is 4.57 Å². The van der Waals surface area contributed by atoms with Crippen molar-refractivity contribution in [2.24, 2.45) is 0 Å². The third kappa shape index (κ3) is 11.9. The smallest absolute Gasteiger partial charge is 0.418 e. The summed E-state index contributed by atoms with van der Waals surface area (Å²) in [7, 11) is -6.00. The van der Waals surface area contributed by atoms with Gasteiger partial charge in [-0.3, -0.25) is 0 Å². The van der Waals surface area contributed by atoms with E-state index < -0.39 is 7.25 Å². The third-order valence-electron chi connectivity index (χ3n) is 7.15.